The summed E-state index contributed by atoms with van der Waals surface area (Å²) >= 11 is 0. The van der Waals surface area contributed by atoms with Gasteiger partial charge in [0.15, 0.2) is 0 Å². The minimum atomic E-state index is 0.253. The Morgan fingerprint density at radius 3 is 2.57 bits per heavy atom. The van der Waals surface area contributed by atoms with E-state index in [1.165, 1.54) is 22.2 Å². The van der Waals surface area contributed by atoms with E-state index in [1.54, 1.807) is 0 Å². The van der Waals surface area contributed by atoms with Crippen LogP contribution in [0.1, 0.15) is 35.1 Å². The first-order valence-electron chi connectivity index (χ1n) is 10.2. The van der Waals surface area contributed by atoms with E-state index in [4.69, 9.17) is 0 Å². The van der Waals surface area contributed by atoms with Gasteiger partial charge in [-0.15, -0.1) is 0 Å². The average Bonchev–Trinajstić information content (AvgIpc) is 3.04. The molecule has 0 unspecified atom stereocenters. The molecule has 0 radical (unpaired) electrons. The molecule has 0 N–H and O–H groups in total. The van der Waals surface area contributed by atoms with Gasteiger partial charge in [0, 0.05) is 19.6 Å². The summed E-state index contributed by atoms with van der Waals surface area (Å²) in [6, 6.07) is 12.7. The molecule has 4 nitrogen and oxygen atoms in total. The van der Waals surface area contributed by atoms with Gasteiger partial charge >= 0.3 is 0 Å². The van der Waals surface area contributed by atoms with Crippen LogP contribution in [0, 0.1) is 26.7 Å². The normalized spacial score (nSPS) is 15.3. The number of fused-ring (bicyclic) bond motifs is 1. The number of amides is 1. The summed E-state index contributed by atoms with van der Waals surface area (Å²) in [6.45, 7) is 9.07. The van der Waals surface area contributed by atoms with E-state index < -0.39 is 0 Å². The molecule has 3 aromatic rings. The third kappa shape index (κ3) is 3.96. The molecule has 4 rings (SSSR count). The number of carbonyl (C=O) groups excluding carboxylic acids is 1. The van der Waals surface area contributed by atoms with E-state index in [-0.39, 0.29) is 5.91 Å². The van der Waals surface area contributed by atoms with Gasteiger partial charge in [-0.05, 0) is 68.4 Å². The highest BCUT2D eigenvalue weighted by Crippen LogP contribution is 2.24. The van der Waals surface area contributed by atoms with Crippen molar-refractivity contribution in [3.8, 4) is 0 Å². The lowest BCUT2D eigenvalue weighted by Gasteiger charge is -2.32. The summed E-state index contributed by atoms with van der Waals surface area (Å²) in [5.41, 5.74) is 7.23. The van der Waals surface area contributed by atoms with Crippen LogP contribution in [0.5, 0.6) is 0 Å². The van der Waals surface area contributed by atoms with Crippen molar-refractivity contribution in [3.63, 3.8) is 0 Å². The highest BCUT2D eigenvalue weighted by Gasteiger charge is 2.23. The number of rotatable bonds is 4. The second kappa shape index (κ2) is 7.78. The molecule has 28 heavy (non-hydrogen) atoms. The number of carbonyl (C=O) groups is 1. The SMILES string of the molecule is Cc1cccc(CC(=O)N2CCC(Cn3cnc4cc(C)c(C)cc43)CC2)c1. The number of nitrogens with zero attached hydrogens (tertiary/aromatic N) is 3. The lowest BCUT2D eigenvalue weighted by molar-refractivity contribution is -0.131. The van der Waals surface area contributed by atoms with Gasteiger partial charge in [0.2, 0.25) is 5.91 Å². The number of piperidine rings is 1. The van der Waals surface area contributed by atoms with E-state index in [0.717, 1.165) is 43.6 Å². The van der Waals surface area contributed by atoms with Gasteiger partial charge in [-0.3, -0.25) is 4.79 Å². The number of benzene rings is 2. The molecule has 1 aliphatic heterocycles. The molecular formula is C24H29N3O. The number of aryl methyl sites for hydroxylation is 3. The Kier molecular flexibility index (Phi) is 5.21. The third-order valence-electron chi connectivity index (χ3n) is 6.10. The Morgan fingerprint density at radius 1 is 1.07 bits per heavy atom. The van der Waals surface area contributed by atoms with Crippen molar-refractivity contribution in [2.75, 3.05) is 13.1 Å². The van der Waals surface area contributed by atoms with E-state index >= 15 is 0 Å². The zero-order valence-corrected chi connectivity index (χ0v) is 17.1. The fourth-order valence-corrected chi connectivity index (χ4v) is 4.21. The maximum atomic E-state index is 12.7. The van der Waals surface area contributed by atoms with Crippen LogP contribution in [-0.4, -0.2) is 33.4 Å². The lowest BCUT2D eigenvalue weighted by Crippen LogP contribution is -2.40. The van der Waals surface area contributed by atoms with Crippen LogP contribution in [0.15, 0.2) is 42.7 Å². The summed E-state index contributed by atoms with van der Waals surface area (Å²) in [5, 5.41) is 0. The summed E-state index contributed by atoms with van der Waals surface area (Å²) in [6.07, 6.45) is 4.60. The molecule has 1 aliphatic rings. The average molecular weight is 376 g/mol. The van der Waals surface area contributed by atoms with Crippen molar-refractivity contribution < 1.29 is 4.79 Å². The summed E-state index contributed by atoms with van der Waals surface area (Å²) in [7, 11) is 0. The van der Waals surface area contributed by atoms with Crippen LogP contribution < -0.4 is 0 Å². The number of hydrogen-bond donors (Lipinski definition) is 0. The van der Waals surface area contributed by atoms with Crippen molar-refractivity contribution >= 4 is 16.9 Å². The Hall–Kier alpha value is -2.62. The second-order valence-corrected chi connectivity index (χ2v) is 8.31. The number of hydrogen-bond acceptors (Lipinski definition) is 2. The first-order valence-corrected chi connectivity index (χ1v) is 10.2. The van der Waals surface area contributed by atoms with E-state index in [1.807, 2.05) is 23.4 Å². The first-order chi connectivity index (χ1) is 13.5. The number of imidazole rings is 1. The van der Waals surface area contributed by atoms with Gasteiger partial charge in [0.05, 0.1) is 23.8 Å². The van der Waals surface area contributed by atoms with E-state index in [9.17, 15) is 4.79 Å². The maximum Gasteiger partial charge on any atom is 0.226 e. The van der Waals surface area contributed by atoms with Gasteiger partial charge in [-0.2, -0.15) is 0 Å². The van der Waals surface area contributed by atoms with Crippen LogP contribution >= 0.6 is 0 Å². The minimum absolute atomic E-state index is 0.253. The maximum absolute atomic E-state index is 12.7. The van der Waals surface area contributed by atoms with Crippen molar-refractivity contribution in [1.82, 2.24) is 14.5 Å². The monoisotopic (exact) mass is 375 g/mol. The topological polar surface area (TPSA) is 38.1 Å². The molecule has 1 fully saturated rings. The molecule has 146 valence electrons. The Balaban J connectivity index is 1.35. The predicted molar refractivity (Wildman–Crippen MR) is 113 cm³/mol. The van der Waals surface area contributed by atoms with E-state index in [0.29, 0.717) is 12.3 Å². The van der Waals surface area contributed by atoms with Crippen LogP contribution in [0.2, 0.25) is 0 Å². The van der Waals surface area contributed by atoms with Gasteiger partial charge in [0.25, 0.3) is 0 Å². The zero-order chi connectivity index (χ0) is 19.7. The molecule has 0 saturated carbocycles. The molecule has 2 heterocycles. The largest absolute Gasteiger partial charge is 0.342 e. The molecule has 1 saturated heterocycles. The van der Waals surface area contributed by atoms with Gasteiger partial charge in [-0.25, -0.2) is 4.98 Å². The zero-order valence-electron chi connectivity index (χ0n) is 17.1. The smallest absolute Gasteiger partial charge is 0.226 e. The number of likely N-dealkylation sites (tertiary alicyclic amines) is 1. The van der Waals surface area contributed by atoms with Crippen LogP contribution in [0.3, 0.4) is 0 Å². The summed E-state index contributed by atoms with van der Waals surface area (Å²) in [4.78, 5) is 19.3. The molecule has 1 aromatic heterocycles. The fraction of sp³-hybridized carbons (Fsp3) is 0.417. The molecule has 0 aliphatic carbocycles. The molecule has 0 spiro atoms. The lowest BCUT2D eigenvalue weighted by atomic mass is 9.96. The molecule has 1 amide bonds. The van der Waals surface area contributed by atoms with Crippen LogP contribution in [0.25, 0.3) is 11.0 Å². The quantitative estimate of drug-likeness (QED) is 0.676. The van der Waals surface area contributed by atoms with Gasteiger partial charge in [-0.1, -0.05) is 29.8 Å². The Morgan fingerprint density at radius 2 is 1.82 bits per heavy atom. The minimum Gasteiger partial charge on any atom is -0.342 e. The highest BCUT2D eigenvalue weighted by atomic mass is 16.2. The molecule has 0 atom stereocenters. The third-order valence-corrected chi connectivity index (χ3v) is 6.10. The molecule has 2 aromatic carbocycles. The molecular weight excluding hydrogens is 346 g/mol. The van der Waals surface area contributed by atoms with Crippen LogP contribution in [0.4, 0.5) is 0 Å². The van der Waals surface area contributed by atoms with Crippen LogP contribution in [-0.2, 0) is 17.8 Å². The van der Waals surface area contributed by atoms with Crippen molar-refractivity contribution in [3.05, 3.63) is 65.0 Å². The molecule has 4 heteroatoms. The Bertz CT molecular complexity index is 996. The van der Waals surface area contributed by atoms with Gasteiger partial charge < -0.3 is 9.47 Å². The summed E-state index contributed by atoms with van der Waals surface area (Å²) in [5.74, 6) is 0.852. The van der Waals surface area contributed by atoms with Crippen molar-refractivity contribution in [2.24, 2.45) is 5.92 Å². The number of aromatic nitrogens is 2. The molecule has 0 bridgehead atoms. The van der Waals surface area contributed by atoms with Gasteiger partial charge in [0.1, 0.15) is 0 Å². The highest BCUT2D eigenvalue weighted by molar-refractivity contribution is 5.79. The summed E-state index contributed by atoms with van der Waals surface area (Å²) < 4.78 is 2.29. The standard InChI is InChI=1S/C24H29N3O/c1-17-5-4-6-21(11-17)14-24(28)26-9-7-20(8-10-26)15-27-16-25-22-12-18(2)19(3)13-23(22)27/h4-6,11-13,16,20H,7-10,14-15H2,1-3H3. The Labute approximate surface area is 167 Å². The predicted octanol–water partition coefficient (Wildman–Crippen LogP) is 4.44. The second-order valence-electron chi connectivity index (χ2n) is 8.31. The fourth-order valence-electron chi connectivity index (χ4n) is 4.21. The van der Waals surface area contributed by atoms with Crippen molar-refractivity contribution in [2.45, 2.75) is 46.6 Å². The van der Waals surface area contributed by atoms with E-state index in [2.05, 4.69) is 54.6 Å². The first kappa shape index (κ1) is 18.7. The van der Waals surface area contributed by atoms with Crippen molar-refractivity contribution in [1.29, 1.82) is 0 Å².